The van der Waals surface area contributed by atoms with Gasteiger partial charge in [0.25, 0.3) is 5.91 Å². The minimum Gasteiger partial charge on any atom is -0.326 e. The second-order valence-electron chi connectivity index (χ2n) is 6.03. The molecule has 8 heteroatoms. The predicted molar refractivity (Wildman–Crippen MR) is 95.1 cm³/mol. The molecule has 0 saturated carbocycles. The number of hydrogen-bond donors (Lipinski definition) is 2. The first-order valence-electron chi connectivity index (χ1n) is 8.26. The Morgan fingerprint density at radius 3 is 2.73 bits per heavy atom. The van der Waals surface area contributed by atoms with Crippen LogP contribution in [0.4, 0.5) is 11.4 Å². The molecule has 3 aromatic rings. The summed E-state index contributed by atoms with van der Waals surface area (Å²) in [6.07, 6.45) is 3.61. The maximum Gasteiger partial charge on any atom is 0.255 e. The highest BCUT2D eigenvalue weighted by molar-refractivity contribution is 6.04. The van der Waals surface area contributed by atoms with Crippen LogP contribution in [0, 0.1) is 0 Å². The number of carbonyl (C=O) groups is 2. The number of aryl methyl sites for hydroxylation is 1. The summed E-state index contributed by atoms with van der Waals surface area (Å²) < 4.78 is 1.52. The zero-order chi connectivity index (χ0) is 17.9. The fraction of sp³-hybridized carbons (Fsp3) is 0.167. The first kappa shape index (κ1) is 15.9. The lowest BCUT2D eigenvalue weighted by Gasteiger charge is -2.11. The van der Waals surface area contributed by atoms with Crippen molar-refractivity contribution >= 4 is 23.2 Å². The molecule has 0 unspecified atom stereocenters. The molecule has 0 bridgehead atoms. The molecule has 2 heterocycles. The summed E-state index contributed by atoms with van der Waals surface area (Å²) in [6.45, 7) is 0. The average Bonchev–Trinajstić information content (AvgIpc) is 3.12. The van der Waals surface area contributed by atoms with Crippen molar-refractivity contribution in [2.45, 2.75) is 19.3 Å². The van der Waals surface area contributed by atoms with Gasteiger partial charge in [0.1, 0.15) is 6.33 Å². The number of amides is 2. The molecule has 2 amide bonds. The van der Waals surface area contributed by atoms with Crippen molar-refractivity contribution in [3.8, 4) is 5.69 Å². The van der Waals surface area contributed by atoms with Gasteiger partial charge in [-0.3, -0.25) is 9.59 Å². The van der Waals surface area contributed by atoms with E-state index >= 15 is 0 Å². The van der Waals surface area contributed by atoms with Gasteiger partial charge >= 0.3 is 0 Å². The average molecular weight is 348 g/mol. The zero-order valence-electron chi connectivity index (χ0n) is 13.8. The standard InChI is InChI=1S/C18H16N6O2/c25-17-3-1-2-13-10-14(6-9-16(13)21-17)20-18(26)12-4-7-15(8-5-12)24-11-19-22-23-24/h4-11H,1-3H2,(H,20,26)(H,21,25). The second kappa shape index (κ2) is 6.75. The number of tetrazole rings is 1. The quantitative estimate of drug-likeness (QED) is 0.755. The molecule has 0 spiro atoms. The summed E-state index contributed by atoms with van der Waals surface area (Å²) in [6, 6.07) is 12.5. The van der Waals surface area contributed by atoms with E-state index in [-0.39, 0.29) is 11.8 Å². The minimum atomic E-state index is -0.203. The van der Waals surface area contributed by atoms with E-state index in [1.165, 1.54) is 11.0 Å². The molecule has 0 atom stereocenters. The Morgan fingerprint density at radius 2 is 1.96 bits per heavy atom. The molecule has 130 valence electrons. The van der Waals surface area contributed by atoms with Crippen LogP contribution >= 0.6 is 0 Å². The molecule has 1 aromatic heterocycles. The molecule has 0 aliphatic carbocycles. The van der Waals surface area contributed by atoms with E-state index in [1.807, 2.05) is 12.1 Å². The molecule has 1 aliphatic rings. The molecule has 4 rings (SSSR count). The van der Waals surface area contributed by atoms with Crippen LogP contribution in [-0.4, -0.2) is 32.0 Å². The summed E-state index contributed by atoms with van der Waals surface area (Å²) in [7, 11) is 0. The molecular weight excluding hydrogens is 332 g/mol. The van der Waals surface area contributed by atoms with Crippen molar-refractivity contribution in [3.05, 3.63) is 59.9 Å². The van der Waals surface area contributed by atoms with Crippen LogP contribution in [0.1, 0.15) is 28.8 Å². The van der Waals surface area contributed by atoms with E-state index in [0.717, 1.165) is 29.8 Å². The molecule has 8 nitrogen and oxygen atoms in total. The smallest absolute Gasteiger partial charge is 0.255 e. The van der Waals surface area contributed by atoms with Gasteiger partial charge in [0.05, 0.1) is 5.69 Å². The van der Waals surface area contributed by atoms with E-state index < -0.39 is 0 Å². The fourth-order valence-corrected chi connectivity index (χ4v) is 2.90. The van der Waals surface area contributed by atoms with E-state index in [1.54, 1.807) is 30.3 Å². The van der Waals surface area contributed by atoms with E-state index in [9.17, 15) is 9.59 Å². The number of fused-ring (bicyclic) bond motifs is 1. The highest BCUT2D eigenvalue weighted by Crippen LogP contribution is 2.25. The summed E-state index contributed by atoms with van der Waals surface area (Å²) >= 11 is 0. The number of aromatic nitrogens is 4. The van der Waals surface area contributed by atoms with Crippen LogP contribution in [0.25, 0.3) is 5.69 Å². The molecular formula is C18H16N6O2. The Kier molecular flexibility index (Phi) is 4.14. The lowest BCUT2D eigenvalue weighted by Crippen LogP contribution is -2.13. The van der Waals surface area contributed by atoms with Gasteiger partial charge in [-0.2, -0.15) is 0 Å². The predicted octanol–water partition coefficient (Wildman–Crippen LogP) is 2.19. The van der Waals surface area contributed by atoms with Gasteiger partial charge in [-0.25, -0.2) is 4.68 Å². The first-order valence-corrected chi connectivity index (χ1v) is 8.26. The second-order valence-corrected chi connectivity index (χ2v) is 6.03. The van der Waals surface area contributed by atoms with Gasteiger partial charge in [-0.15, -0.1) is 5.10 Å². The minimum absolute atomic E-state index is 0.0307. The van der Waals surface area contributed by atoms with E-state index in [0.29, 0.717) is 17.7 Å². The number of nitrogens with zero attached hydrogens (tertiary/aromatic N) is 4. The molecule has 0 fully saturated rings. The highest BCUT2D eigenvalue weighted by atomic mass is 16.2. The SMILES string of the molecule is O=C1CCCc2cc(NC(=O)c3ccc(-n4cnnn4)cc3)ccc2N1. The fourth-order valence-electron chi connectivity index (χ4n) is 2.90. The van der Waals surface area contributed by atoms with Crippen LogP contribution in [0.5, 0.6) is 0 Å². The van der Waals surface area contributed by atoms with Crippen molar-refractivity contribution in [3.63, 3.8) is 0 Å². The van der Waals surface area contributed by atoms with E-state index in [4.69, 9.17) is 0 Å². The summed E-state index contributed by atoms with van der Waals surface area (Å²) in [5.74, 6) is -0.172. The molecule has 26 heavy (non-hydrogen) atoms. The third-order valence-electron chi connectivity index (χ3n) is 4.23. The van der Waals surface area contributed by atoms with E-state index in [2.05, 4.69) is 26.2 Å². The van der Waals surface area contributed by atoms with Gasteiger partial charge in [-0.1, -0.05) is 0 Å². The number of benzene rings is 2. The molecule has 2 aromatic carbocycles. The van der Waals surface area contributed by atoms with Crippen LogP contribution in [0.3, 0.4) is 0 Å². The maximum absolute atomic E-state index is 12.5. The largest absolute Gasteiger partial charge is 0.326 e. The Hall–Kier alpha value is -3.55. The Balaban J connectivity index is 1.49. The third kappa shape index (κ3) is 3.30. The van der Waals surface area contributed by atoms with Crippen LogP contribution in [-0.2, 0) is 11.2 Å². The number of nitrogens with one attached hydrogen (secondary N) is 2. The van der Waals surface area contributed by atoms with Crippen molar-refractivity contribution in [2.24, 2.45) is 0 Å². The van der Waals surface area contributed by atoms with Gasteiger partial charge in [0.15, 0.2) is 0 Å². The Labute approximate surface area is 149 Å². The first-order chi connectivity index (χ1) is 12.7. The van der Waals surface area contributed by atoms with Gasteiger partial charge in [0.2, 0.25) is 5.91 Å². The molecule has 1 aliphatic heterocycles. The topological polar surface area (TPSA) is 102 Å². The van der Waals surface area contributed by atoms with Crippen molar-refractivity contribution in [1.29, 1.82) is 0 Å². The number of carbonyl (C=O) groups excluding carboxylic acids is 2. The highest BCUT2D eigenvalue weighted by Gasteiger charge is 2.14. The normalized spacial score (nSPS) is 13.5. The lowest BCUT2D eigenvalue weighted by atomic mass is 10.1. The van der Waals surface area contributed by atoms with Gasteiger partial charge < -0.3 is 10.6 Å². The molecule has 0 saturated heterocycles. The van der Waals surface area contributed by atoms with Gasteiger partial charge in [0, 0.05) is 23.4 Å². The van der Waals surface area contributed by atoms with Crippen LogP contribution < -0.4 is 10.6 Å². The molecule has 2 N–H and O–H groups in total. The third-order valence-corrected chi connectivity index (χ3v) is 4.23. The summed E-state index contributed by atoms with van der Waals surface area (Å²) in [4.78, 5) is 24.1. The number of rotatable bonds is 3. The van der Waals surface area contributed by atoms with Crippen molar-refractivity contribution < 1.29 is 9.59 Å². The van der Waals surface area contributed by atoms with Crippen LogP contribution in [0.2, 0.25) is 0 Å². The van der Waals surface area contributed by atoms with Crippen LogP contribution in [0.15, 0.2) is 48.8 Å². The van der Waals surface area contributed by atoms with Crippen molar-refractivity contribution in [1.82, 2.24) is 20.2 Å². The van der Waals surface area contributed by atoms with Gasteiger partial charge in [-0.05, 0) is 71.3 Å². The Bertz CT molecular complexity index is 950. The maximum atomic E-state index is 12.5. The van der Waals surface area contributed by atoms with Crippen molar-refractivity contribution in [2.75, 3.05) is 10.6 Å². The summed E-state index contributed by atoms with van der Waals surface area (Å²) in [5.41, 5.74) is 3.85. The lowest BCUT2D eigenvalue weighted by molar-refractivity contribution is -0.116. The zero-order valence-corrected chi connectivity index (χ0v) is 13.8. The molecule has 0 radical (unpaired) electrons. The Morgan fingerprint density at radius 1 is 1.12 bits per heavy atom. The number of hydrogen-bond acceptors (Lipinski definition) is 5. The summed E-state index contributed by atoms with van der Waals surface area (Å²) in [5, 5.41) is 16.8. The monoisotopic (exact) mass is 348 g/mol. The number of anilines is 2.